The summed E-state index contributed by atoms with van der Waals surface area (Å²) in [7, 11) is 0. The average molecular weight is 470 g/mol. The van der Waals surface area contributed by atoms with Crippen molar-refractivity contribution < 1.29 is 33.4 Å². The normalized spacial score (nSPS) is 20.7. The number of hydrogen-bond donors (Lipinski definition) is 1. The Kier molecular flexibility index (Phi) is 7.45. The lowest BCUT2D eigenvalue weighted by atomic mass is 9.81. The number of esters is 1. The van der Waals surface area contributed by atoms with Crippen molar-refractivity contribution in [1.29, 1.82) is 0 Å². The van der Waals surface area contributed by atoms with E-state index >= 15 is 0 Å². The summed E-state index contributed by atoms with van der Waals surface area (Å²) in [6.45, 7) is 0.795. The number of rotatable bonds is 6. The number of hydrogen-bond acceptors (Lipinski definition) is 5. The number of amides is 1. The Hall–Kier alpha value is -3.42. The monoisotopic (exact) mass is 469 g/mol. The van der Waals surface area contributed by atoms with Crippen molar-refractivity contribution in [2.75, 3.05) is 19.7 Å². The number of carboxylic acid groups (broad SMARTS) is 1. The molecule has 0 radical (unpaired) electrons. The van der Waals surface area contributed by atoms with Gasteiger partial charge in [-0.1, -0.05) is 24.3 Å². The summed E-state index contributed by atoms with van der Waals surface area (Å²) < 4.78 is 24.7. The van der Waals surface area contributed by atoms with Crippen LogP contribution in [0.2, 0.25) is 0 Å². The molecule has 2 aliphatic rings. The van der Waals surface area contributed by atoms with E-state index in [4.69, 9.17) is 9.47 Å². The van der Waals surface area contributed by atoms with Gasteiger partial charge in [-0.05, 0) is 67.9 Å². The van der Waals surface area contributed by atoms with E-state index in [1.807, 2.05) is 0 Å². The number of ether oxygens (including phenoxy) is 2. The molecule has 4 rings (SSSR count). The van der Waals surface area contributed by atoms with Crippen LogP contribution >= 0.6 is 0 Å². The quantitative estimate of drug-likeness (QED) is 0.607. The van der Waals surface area contributed by atoms with E-state index < -0.39 is 11.9 Å². The first-order valence-electron chi connectivity index (χ1n) is 11.6. The van der Waals surface area contributed by atoms with Crippen LogP contribution in [0.1, 0.15) is 64.3 Å². The first-order valence-corrected chi connectivity index (χ1v) is 11.6. The predicted octanol–water partition coefficient (Wildman–Crippen LogP) is 4.87. The van der Waals surface area contributed by atoms with Crippen molar-refractivity contribution in [1.82, 2.24) is 4.90 Å². The standard InChI is InChI=1S/C26H28FNO6/c27-19-11-9-17(10-12-19)21-13-14-28(26(32)34-20-5-1-2-6-20)15-18(21)16-33-25(31)23-8-4-3-7-22(23)24(29)30/h3-4,7-12,18,20-21H,1-2,5-6,13-16H2,(H,29,30)/t18-,21-/m0/s1. The zero-order valence-electron chi connectivity index (χ0n) is 18.8. The van der Waals surface area contributed by atoms with Crippen molar-refractivity contribution in [3.63, 3.8) is 0 Å². The molecule has 1 heterocycles. The number of piperidine rings is 1. The number of carbonyl (C=O) groups is 3. The molecule has 1 amide bonds. The smallest absolute Gasteiger partial charge is 0.410 e. The van der Waals surface area contributed by atoms with Crippen LogP contribution in [0.5, 0.6) is 0 Å². The Labute approximate surface area is 197 Å². The van der Waals surface area contributed by atoms with Gasteiger partial charge in [0.25, 0.3) is 0 Å². The molecule has 1 saturated heterocycles. The van der Waals surface area contributed by atoms with Crippen molar-refractivity contribution in [3.05, 3.63) is 71.0 Å². The van der Waals surface area contributed by atoms with Crippen molar-refractivity contribution >= 4 is 18.0 Å². The third-order valence-electron chi connectivity index (χ3n) is 6.67. The SMILES string of the molecule is O=C(O)c1ccccc1C(=O)OC[C@@H]1CN(C(=O)OC2CCCC2)CC[C@H]1c1ccc(F)cc1. The molecule has 2 aromatic rings. The van der Waals surface area contributed by atoms with Gasteiger partial charge in [-0.25, -0.2) is 18.8 Å². The summed E-state index contributed by atoms with van der Waals surface area (Å²) in [6, 6.07) is 12.1. The van der Waals surface area contributed by atoms with Gasteiger partial charge < -0.3 is 19.5 Å². The van der Waals surface area contributed by atoms with E-state index in [9.17, 15) is 23.9 Å². The molecular formula is C26H28FNO6. The first kappa shape index (κ1) is 23.7. The fourth-order valence-electron chi connectivity index (χ4n) is 4.85. The Bertz CT molecular complexity index is 1030. The van der Waals surface area contributed by atoms with Crippen LogP contribution in [-0.4, -0.2) is 53.8 Å². The minimum Gasteiger partial charge on any atom is -0.478 e. The lowest BCUT2D eigenvalue weighted by molar-refractivity contribution is 0.0229. The van der Waals surface area contributed by atoms with Crippen LogP contribution in [0.25, 0.3) is 0 Å². The van der Waals surface area contributed by atoms with Gasteiger partial charge in [-0.3, -0.25) is 0 Å². The fourth-order valence-corrected chi connectivity index (χ4v) is 4.85. The Morgan fingerprint density at radius 1 is 0.971 bits per heavy atom. The molecule has 8 heteroatoms. The maximum absolute atomic E-state index is 13.5. The maximum atomic E-state index is 13.5. The van der Waals surface area contributed by atoms with Crippen LogP contribution in [0.15, 0.2) is 48.5 Å². The molecular weight excluding hydrogens is 441 g/mol. The summed E-state index contributed by atoms with van der Waals surface area (Å²) in [5.74, 6) is -2.60. The minimum absolute atomic E-state index is 0.0119. The maximum Gasteiger partial charge on any atom is 0.410 e. The lowest BCUT2D eigenvalue weighted by Gasteiger charge is -2.38. The highest BCUT2D eigenvalue weighted by Gasteiger charge is 2.35. The molecule has 2 aromatic carbocycles. The van der Waals surface area contributed by atoms with Gasteiger partial charge in [-0.2, -0.15) is 0 Å². The van der Waals surface area contributed by atoms with Crippen LogP contribution in [-0.2, 0) is 9.47 Å². The average Bonchev–Trinajstić information content (AvgIpc) is 3.36. The van der Waals surface area contributed by atoms with Gasteiger partial charge in [-0.15, -0.1) is 0 Å². The molecule has 7 nitrogen and oxygen atoms in total. The van der Waals surface area contributed by atoms with E-state index in [1.165, 1.54) is 24.3 Å². The number of aromatic carboxylic acids is 1. The highest BCUT2D eigenvalue weighted by Crippen LogP contribution is 2.34. The number of carboxylic acids is 1. The van der Waals surface area contributed by atoms with E-state index in [-0.39, 0.29) is 47.6 Å². The molecule has 2 atom stereocenters. The fraction of sp³-hybridized carbons (Fsp3) is 0.423. The first-order chi connectivity index (χ1) is 16.4. The summed E-state index contributed by atoms with van der Waals surface area (Å²) >= 11 is 0. The molecule has 1 aliphatic carbocycles. The second-order valence-electron chi connectivity index (χ2n) is 8.89. The number of carbonyl (C=O) groups excluding carboxylic acids is 2. The summed E-state index contributed by atoms with van der Waals surface area (Å²) in [5, 5.41) is 9.36. The largest absolute Gasteiger partial charge is 0.478 e. The predicted molar refractivity (Wildman–Crippen MR) is 121 cm³/mol. The molecule has 1 saturated carbocycles. The topological polar surface area (TPSA) is 93.1 Å². The molecule has 1 aliphatic heterocycles. The van der Waals surface area contributed by atoms with Gasteiger partial charge in [0.05, 0.1) is 17.7 Å². The van der Waals surface area contributed by atoms with Crippen LogP contribution < -0.4 is 0 Å². The van der Waals surface area contributed by atoms with Gasteiger partial charge in [0, 0.05) is 19.0 Å². The lowest BCUT2D eigenvalue weighted by Crippen LogP contribution is -2.45. The summed E-state index contributed by atoms with van der Waals surface area (Å²) in [5.41, 5.74) is 0.742. The molecule has 1 N–H and O–H groups in total. The Morgan fingerprint density at radius 3 is 2.32 bits per heavy atom. The van der Waals surface area contributed by atoms with E-state index in [0.29, 0.717) is 19.5 Å². The highest BCUT2D eigenvalue weighted by atomic mass is 19.1. The van der Waals surface area contributed by atoms with Crippen molar-refractivity contribution in [2.45, 2.75) is 44.1 Å². The van der Waals surface area contributed by atoms with E-state index in [0.717, 1.165) is 31.2 Å². The van der Waals surface area contributed by atoms with Crippen molar-refractivity contribution in [2.24, 2.45) is 5.92 Å². The van der Waals surface area contributed by atoms with Crippen LogP contribution in [0.3, 0.4) is 0 Å². The number of nitrogens with zero attached hydrogens (tertiary/aromatic N) is 1. The molecule has 2 fully saturated rings. The Morgan fingerprint density at radius 2 is 1.65 bits per heavy atom. The van der Waals surface area contributed by atoms with E-state index in [1.54, 1.807) is 29.2 Å². The molecule has 0 aromatic heterocycles. The minimum atomic E-state index is -1.21. The van der Waals surface area contributed by atoms with Crippen LogP contribution in [0.4, 0.5) is 9.18 Å². The van der Waals surface area contributed by atoms with Gasteiger partial charge >= 0.3 is 18.0 Å². The summed E-state index contributed by atoms with van der Waals surface area (Å²) in [4.78, 5) is 38.6. The molecule has 180 valence electrons. The summed E-state index contributed by atoms with van der Waals surface area (Å²) in [6.07, 6.45) is 4.06. The molecule has 0 unspecified atom stereocenters. The van der Waals surface area contributed by atoms with Gasteiger partial charge in [0.2, 0.25) is 0 Å². The zero-order chi connectivity index (χ0) is 24.1. The second-order valence-corrected chi connectivity index (χ2v) is 8.89. The molecule has 34 heavy (non-hydrogen) atoms. The zero-order valence-corrected chi connectivity index (χ0v) is 18.8. The highest BCUT2D eigenvalue weighted by molar-refractivity contribution is 6.02. The second kappa shape index (κ2) is 10.7. The van der Waals surface area contributed by atoms with Gasteiger partial charge in [0.15, 0.2) is 0 Å². The van der Waals surface area contributed by atoms with Gasteiger partial charge in [0.1, 0.15) is 11.9 Å². The van der Waals surface area contributed by atoms with E-state index in [2.05, 4.69) is 0 Å². The Balaban J connectivity index is 1.48. The molecule has 0 bridgehead atoms. The molecule has 0 spiro atoms. The van der Waals surface area contributed by atoms with Crippen LogP contribution in [0, 0.1) is 11.7 Å². The van der Waals surface area contributed by atoms with Crippen molar-refractivity contribution in [3.8, 4) is 0 Å². The third-order valence-corrected chi connectivity index (χ3v) is 6.67. The number of benzene rings is 2. The third kappa shape index (κ3) is 5.55. The number of likely N-dealkylation sites (tertiary alicyclic amines) is 1. The number of halogens is 1.